The van der Waals surface area contributed by atoms with Gasteiger partial charge in [0.2, 0.25) is 0 Å². The lowest BCUT2D eigenvalue weighted by Gasteiger charge is -2.35. The highest BCUT2D eigenvalue weighted by Crippen LogP contribution is 2.40. The maximum absolute atomic E-state index is 12.3. The Morgan fingerprint density at radius 1 is 1.29 bits per heavy atom. The second-order valence-corrected chi connectivity index (χ2v) is 6.65. The molecule has 1 amide bonds. The molecule has 3 bridgehead atoms. The molecule has 0 aromatic heterocycles. The first-order valence-electron chi connectivity index (χ1n) is 6.68. The highest BCUT2D eigenvalue weighted by molar-refractivity contribution is 5.70. The molecule has 3 heterocycles. The number of carbonyl (C=O) groups excluding carboxylic acids is 1. The van der Waals surface area contributed by atoms with Crippen LogP contribution in [0.3, 0.4) is 0 Å². The van der Waals surface area contributed by atoms with Crippen molar-refractivity contribution in [2.24, 2.45) is 5.92 Å². The topological polar surface area (TPSA) is 32.8 Å². The molecule has 0 spiro atoms. The number of ether oxygens (including phenoxy) is 1. The van der Waals surface area contributed by atoms with Crippen LogP contribution in [0.5, 0.6) is 0 Å². The smallest absolute Gasteiger partial charge is 0.410 e. The van der Waals surface area contributed by atoms with Crippen molar-refractivity contribution in [3.05, 3.63) is 0 Å². The molecule has 3 aliphatic rings. The number of fused-ring (bicyclic) bond motifs is 2. The zero-order valence-corrected chi connectivity index (χ0v) is 11.0. The minimum Gasteiger partial charge on any atom is -0.444 e. The first-order valence-corrected chi connectivity index (χ1v) is 6.68. The van der Waals surface area contributed by atoms with Gasteiger partial charge in [-0.05, 0) is 39.5 Å². The molecule has 17 heavy (non-hydrogen) atoms. The van der Waals surface area contributed by atoms with Crippen molar-refractivity contribution in [1.82, 2.24) is 9.80 Å². The molecule has 0 N–H and O–H groups in total. The largest absolute Gasteiger partial charge is 0.444 e. The second-order valence-electron chi connectivity index (χ2n) is 6.65. The molecule has 3 saturated heterocycles. The summed E-state index contributed by atoms with van der Waals surface area (Å²) >= 11 is 0. The molecule has 0 radical (unpaired) electrons. The molecule has 4 heteroatoms. The first kappa shape index (κ1) is 11.3. The SMILES string of the molecule is CC(C)(C)OC(=O)N1[C@H]2C[C@@H]3CN(CC[C@@H]31)C2. The van der Waals surface area contributed by atoms with E-state index in [1.54, 1.807) is 0 Å². The highest BCUT2D eigenvalue weighted by atomic mass is 16.6. The third kappa shape index (κ3) is 1.92. The fourth-order valence-electron chi connectivity index (χ4n) is 3.65. The van der Waals surface area contributed by atoms with Crippen LogP contribution in [0.1, 0.15) is 33.6 Å². The minimum atomic E-state index is -0.383. The number of piperidine rings is 2. The molecule has 0 aromatic rings. The number of hydrogen-bond donors (Lipinski definition) is 0. The molecule has 96 valence electrons. The zero-order chi connectivity index (χ0) is 12.2. The van der Waals surface area contributed by atoms with Crippen LogP contribution in [0.15, 0.2) is 0 Å². The third-order valence-electron chi connectivity index (χ3n) is 4.18. The van der Waals surface area contributed by atoms with E-state index in [1.807, 2.05) is 25.7 Å². The van der Waals surface area contributed by atoms with Gasteiger partial charge < -0.3 is 14.5 Å². The average molecular weight is 238 g/mol. The summed E-state index contributed by atoms with van der Waals surface area (Å²) in [6.45, 7) is 9.19. The minimum absolute atomic E-state index is 0.0984. The molecular weight excluding hydrogens is 216 g/mol. The van der Waals surface area contributed by atoms with Crippen molar-refractivity contribution in [3.8, 4) is 0 Å². The van der Waals surface area contributed by atoms with Gasteiger partial charge in [-0.15, -0.1) is 0 Å². The Labute approximate surface area is 103 Å². The predicted molar refractivity (Wildman–Crippen MR) is 64.8 cm³/mol. The molecule has 0 aromatic carbocycles. The summed E-state index contributed by atoms with van der Waals surface area (Å²) in [5, 5.41) is 0. The zero-order valence-electron chi connectivity index (χ0n) is 11.0. The number of rotatable bonds is 0. The van der Waals surface area contributed by atoms with Crippen LogP contribution in [-0.4, -0.2) is 53.2 Å². The first-order chi connectivity index (χ1) is 7.94. The van der Waals surface area contributed by atoms with Crippen LogP contribution in [0.2, 0.25) is 0 Å². The van der Waals surface area contributed by atoms with Gasteiger partial charge >= 0.3 is 6.09 Å². The summed E-state index contributed by atoms with van der Waals surface area (Å²) in [5.41, 5.74) is -0.383. The van der Waals surface area contributed by atoms with E-state index in [-0.39, 0.29) is 11.7 Å². The average Bonchev–Trinajstić information content (AvgIpc) is 2.34. The van der Waals surface area contributed by atoms with E-state index in [4.69, 9.17) is 4.74 Å². The maximum Gasteiger partial charge on any atom is 0.410 e. The van der Waals surface area contributed by atoms with E-state index in [2.05, 4.69) is 4.90 Å². The van der Waals surface area contributed by atoms with Crippen molar-refractivity contribution < 1.29 is 9.53 Å². The maximum atomic E-state index is 12.3. The van der Waals surface area contributed by atoms with Gasteiger partial charge in [0.25, 0.3) is 0 Å². The van der Waals surface area contributed by atoms with Gasteiger partial charge in [-0.2, -0.15) is 0 Å². The summed E-state index contributed by atoms with van der Waals surface area (Å²) in [7, 11) is 0. The number of likely N-dealkylation sites (tertiary alicyclic amines) is 1. The van der Waals surface area contributed by atoms with E-state index in [0.29, 0.717) is 18.0 Å². The number of carbonyl (C=O) groups is 1. The normalized spacial score (nSPS) is 39.6. The molecule has 1 unspecified atom stereocenters. The molecule has 4 atom stereocenters. The molecule has 4 nitrogen and oxygen atoms in total. The quantitative estimate of drug-likeness (QED) is 0.644. The summed E-state index contributed by atoms with van der Waals surface area (Å²) in [6.07, 6.45) is 2.21. The van der Waals surface area contributed by atoms with E-state index in [0.717, 1.165) is 19.5 Å². The Morgan fingerprint density at radius 3 is 2.76 bits per heavy atom. The third-order valence-corrected chi connectivity index (χ3v) is 4.18. The lowest BCUT2D eigenvalue weighted by atomic mass is 9.89. The summed E-state index contributed by atoms with van der Waals surface area (Å²) < 4.78 is 5.55. The highest BCUT2D eigenvalue weighted by Gasteiger charge is 2.51. The van der Waals surface area contributed by atoms with Crippen molar-refractivity contribution in [3.63, 3.8) is 0 Å². The Kier molecular flexibility index (Phi) is 2.41. The van der Waals surface area contributed by atoms with Crippen LogP contribution < -0.4 is 0 Å². The van der Waals surface area contributed by atoms with Gasteiger partial charge in [0, 0.05) is 31.7 Å². The van der Waals surface area contributed by atoms with Crippen LogP contribution >= 0.6 is 0 Å². The van der Waals surface area contributed by atoms with Gasteiger partial charge in [-0.1, -0.05) is 0 Å². The lowest BCUT2D eigenvalue weighted by molar-refractivity contribution is 0.0154. The number of hydrogen-bond acceptors (Lipinski definition) is 3. The Morgan fingerprint density at radius 2 is 2.06 bits per heavy atom. The van der Waals surface area contributed by atoms with Crippen molar-refractivity contribution in [2.75, 3.05) is 19.6 Å². The van der Waals surface area contributed by atoms with Crippen LogP contribution in [-0.2, 0) is 4.74 Å². The Hall–Kier alpha value is -0.770. The fourth-order valence-corrected chi connectivity index (χ4v) is 3.65. The van der Waals surface area contributed by atoms with E-state index in [9.17, 15) is 4.79 Å². The van der Waals surface area contributed by atoms with Crippen molar-refractivity contribution in [1.29, 1.82) is 0 Å². The fraction of sp³-hybridized carbons (Fsp3) is 0.923. The molecule has 3 rings (SSSR count). The molecule has 0 aliphatic carbocycles. The van der Waals surface area contributed by atoms with Gasteiger partial charge in [-0.3, -0.25) is 0 Å². The monoisotopic (exact) mass is 238 g/mol. The Balaban J connectivity index is 1.77. The lowest BCUT2D eigenvalue weighted by Crippen LogP contribution is -2.45. The number of amides is 1. The van der Waals surface area contributed by atoms with Crippen molar-refractivity contribution >= 4 is 6.09 Å². The van der Waals surface area contributed by atoms with Gasteiger partial charge in [-0.25, -0.2) is 4.79 Å². The van der Waals surface area contributed by atoms with Gasteiger partial charge in [0.1, 0.15) is 5.60 Å². The number of nitrogens with zero attached hydrogens (tertiary/aromatic N) is 2. The summed E-state index contributed by atoms with van der Waals surface area (Å²) in [4.78, 5) is 16.8. The van der Waals surface area contributed by atoms with Crippen LogP contribution in [0.4, 0.5) is 4.79 Å². The predicted octanol–water partition coefficient (Wildman–Crippen LogP) is 1.70. The van der Waals surface area contributed by atoms with E-state index >= 15 is 0 Å². The summed E-state index contributed by atoms with van der Waals surface area (Å²) in [5.74, 6) is 0.690. The standard InChI is InChI=1S/C13H22N2O2/c1-13(2,3)17-12(16)15-10-6-9-7-14(8-10)5-4-11(9)15/h9-11H,4-8H2,1-3H3/t9-,10+,11+/m1/s1. The molecular formula is C13H22N2O2. The molecule has 3 fully saturated rings. The van der Waals surface area contributed by atoms with Crippen LogP contribution in [0.25, 0.3) is 0 Å². The molecule has 0 saturated carbocycles. The van der Waals surface area contributed by atoms with E-state index in [1.165, 1.54) is 13.0 Å². The Bertz CT molecular complexity index is 337. The van der Waals surface area contributed by atoms with Crippen molar-refractivity contribution in [2.45, 2.75) is 51.3 Å². The molecule has 3 aliphatic heterocycles. The van der Waals surface area contributed by atoms with Gasteiger partial charge in [0.05, 0.1) is 0 Å². The van der Waals surface area contributed by atoms with Gasteiger partial charge in [0.15, 0.2) is 0 Å². The van der Waals surface area contributed by atoms with Crippen LogP contribution in [0, 0.1) is 5.92 Å². The summed E-state index contributed by atoms with van der Waals surface area (Å²) in [6, 6.07) is 0.838. The second kappa shape index (κ2) is 3.61. The van der Waals surface area contributed by atoms with E-state index < -0.39 is 0 Å².